The fourth-order valence-corrected chi connectivity index (χ4v) is 3.14. The molecule has 0 saturated heterocycles. The quantitative estimate of drug-likeness (QED) is 0.650. The van der Waals surface area contributed by atoms with Crippen molar-refractivity contribution in [3.63, 3.8) is 0 Å². The normalized spacial score (nSPS) is 11.9. The summed E-state index contributed by atoms with van der Waals surface area (Å²) in [4.78, 5) is 24.1. The maximum atomic E-state index is 12.7. The summed E-state index contributed by atoms with van der Waals surface area (Å²) in [6, 6.07) is 19.1. The predicted molar refractivity (Wildman–Crippen MR) is 113 cm³/mol. The largest absolute Gasteiger partial charge is 0.350 e. The monoisotopic (exact) mass is 390 g/mol. The van der Waals surface area contributed by atoms with Gasteiger partial charge in [0.05, 0.1) is 11.4 Å². The molecule has 2 aromatic carbocycles. The molecule has 0 spiro atoms. The summed E-state index contributed by atoms with van der Waals surface area (Å²) < 4.78 is 1.82. The van der Waals surface area contributed by atoms with Crippen LogP contribution in [0.1, 0.15) is 26.3 Å². The topological polar surface area (TPSA) is 76.0 Å². The second-order valence-electron chi connectivity index (χ2n) is 7.29. The maximum Gasteiger partial charge on any atom is 0.243 e. The van der Waals surface area contributed by atoms with E-state index in [-0.39, 0.29) is 17.7 Å². The third-order valence-corrected chi connectivity index (χ3v) is 4.62. The van der Waals surface area contributed by atoms with Gasteiger partial charge in [-0.25, -0.2) is 4.68 Å². The SMILES string of the molecule is CC(=O)NC(C(=O)NCc1cn(-c2ccccc2)nc1-c1ccccc1)C(C)C. The Labute approximate surface area is 170 Å². The molecule has 29 heavy (non-hydrogen) atoms. The summed E-state index contributed by atoms with van der Waals surface area (Å²) in [5, 5.41) is 10.4. The molecule has 0 aliphatic heterocycles. The molecule has 0 radical (unpaired) electrons. The molecule has 1 aromatic heterocycles. The smallest absolute Gasteiger partial charge is 0.243 e. The van der Waals surface area contributed by atoms with Crippen LogP contribution in [-0.4, -0.2) is 27.6 Å². The van der Waals surface area contributed by atoms with Crippen molar-refractivity contribution in [1.29, 1.82) is 0 Å². The lowest BCUT2D eigenvalue weighted by molar-refractivity contribution is -0.129. The molecule has 0 bridgehead atoms. The van der Waals surface area contributed by atoms with Gasteiger partial charge in [0.1, 0.15) is 6.04 Å². The molecule has 0 saturated carbocycles. The Morgan fingerprint density at radius 3 is 2.21 bits per heavy atom. The van der Waals surface area contributed by atoms with Gasteiger partial charge in [-0.15, -0.1) is 0 Å². The Morgan fingerprint density at radius 2 is 1.62 bits per heavy atom. The van der Waals surface area contributed by atoms with Crippen molar-refractivity contribution in [1.82, 2.24) is 20.4 Å². The highest BCUT2D eigenvalue weighted by molar-refractivity contribution is 5.87. The van der Waals surface area contributed by atoms with Crippen molar-refractivity contribution < 1.29 is 9.59 Å². The van der Waals surface area contributed by atoms with Crippen molar-refractivity contribution >= 4 is 11.8 Å². The van der Waals surface area contributed by atoms with Gasteiger partial charge in [-0.05, 0) is 18.1 Å². The summed E-state index contributed by atoms with van der Waals surface area (Å²) in [5.41, 5.74) is 3.64. The highest BCUT2D eigenvalue weighted by Gasteiger charge is 2.23. The highest BCUT2D eigenvalue weighted by atomic mass is 16.2. The van der Waals surface area contributed by atoms with Crippen LogP contribution in [0, 0.1) is 5.92 Å². The van der Waals surface area contributed by atoms with Crippen LogP contribution in [0.2, 0.25) is 0 Å². The van der Waals surface area contributed by atoms with E-state index in [1.54, 1.807) is 0 Å². The van der Waals surface area contributed by atoms with Crippen molar-refractivity contribution in [3.8, 4) is 16.9 Å². The third-order valence-electron chi connectivity index (χ3n) is 4.62. The minimum atomic E-state index is -0.572. The maximum absolute atomic E-state index is 12.7. The molecule has 1 unspecified atom stereocenters. The number of nitrogens with zero attached hydrogens (tertiary/aromatic N) is 2. The summed E-state index contributed by atoms with van der Waals surface area (Å²) in [6.07, 6.45) is 1.93. The van der Waals surface area contributed by atoms with E-state index < -0.39 is 6.04 Å². The lowest BCUT2D eigenvalue weighted by atomic mass is 10.0. The minimum Gasteiger partial charge on any atom is -0.350 e. The number of aromatic nitrogens is 2. The van der Waals surface area contributed by atoms with E-state index in [9.17, 15) is 9.59 Å². The number of nitrogens with one attached hydrogen (secondary N) is 2. The first-order valence-corrected chi connectivity index (χ1v) is 9.70. The number of para-hydroxylation sites is 1. The molecule has 0 aliphatic carbocycles. The number of benzene rings is 2. The van der Waals surface area contributed by atoms with Crippen molar-refractivity contribution in [2.24, 2.45) is 5.92 Å². The molecule has 6 heteroatoms. The van der Waals surface area contributed by atoms with Gasteiger partial charge in [0.25, 0.3) is 0 Å². The van der Waals surface area contributed by atoms with Crippen LogP contribution in [0.15, 0.2) is 66.9 Å². The fourth-order valence-electron chi connectivity index (χ4n) is 3.14. The van der Waals surface area contributed by atoms with Crippen molar-refractivity contribution in [2.45, 2.75) is 33.4 Å². The van der Waals surface area contributed by atoms with E-state index in [4.69, 9.17) is 5.10 Å². The van der Waals surface area contributed by atoms with Gasteiger partial charge in [0, 0.05) is 30.8 Å². The Kier molecular flexibility index (Phi) is 6.44. The van der Waals surface area contributed by atoms with E-state index in [1.807, 2.05) is 85.4 Å². The molecule has 2 amide bonds. The Bertz CT molecular complexity index is 965. The number of amides is 2. The van der Waals surface area contributed by atoms with Gasteiger partial charge >= 0.3 is 0 Å². The van der Waals surface area contributed by atoms with Gasteiger partial charge in [0.15, 0.2) is 0 Å². The second kappa shape index (κ2) is 9.19. The van der Waals surface area contributed by atoms with Gasteiger partial charge in [-0.1, -0.05) is 62.4 Å². The molecular weight excluding hydrogens is 364 g/mol. The summed E-state index contributed by atoms with van der Waals surface area (Å²) in [7, 11) is 0. The molecule has 0 aliphatic rings. The standard InChI is InChI=1S/C23H26N4O2/c1-16(2)21(25-17(3)28)23(29)24-14-19-15-27(20-12-8-5-9-13-20)26-22(19)18-10-6-4-7-11-18/h4-13,15-16,21H,14H2,1-3H3,(H,24,29)(H,25,28). The molecule has 6 nitrogen and oxygen atoms in total. The van der Waals surface area contributed by atoms with E-state index >= 15 is 0 Å². The van der Waals surface area contributed by atoms with Crippen LogP contribution in [0.3, 0.4) is 0 Å². The average molecular weight is 390 g/mol. The van der Waals surface area contributed by atoms with Crippen LogP contribution >= 0.6 is 0 Å². The summed E-state index contributed by atoms with van der Waals surface area (Å²) >= 11 is 0. The predicted octanol–water partition coefficient (Wildman–Crippen LogP) is 3.32. The number of carbonyl (C=O) groups excluding carboxylic acids is 2. The molecule has 1 atom stereocenters. The minimum absolute atomic E-state index is 0.0143. The summed E-state index contributed by atoms with van der Waals surface area (Å²) in [6.45, 7) is 5.55. The Balaban J connectivity index is 1.86. The molecular formula is C23H26N4O2. The lowest BCUT2D eigenvalue weighted by Crippen LogP contribution is -2.48. The first-order valence-electron chi connectivity index (χ1n) is 9.70. The van der Waals surface area contributed by atoms with Crippen LogP contribution in [0.25, 0.3) is 16.9 Å². The van der Waals surface area contributed by atoms with Crippen LogP contribution < -0.4 is 10.6 Å². The zero-order valence-corrected chi connectivity index (χ0v) is 16.9. The van der Waals surface area contributed by atoms with E-state index in [2.05, 4.69) is 10.6 Å². The number of hydrogen-bond acceptors (Lipinski definition) is 3. The van der Waals surface area contributed by atoms with Gasteiger partial charge in [0.2, 0.25) is 11.8 Å². The second-order valence-corrected chi connectivity index (χ2v) is 7.29. The fraction of sp³-hybridized carbons (Fsp3) is 0.261. The molecule has 3 aromatic rings. The molecule has 1 heterocycles. The van der Waals surface area contributed by atoms with E-state index in [1.165, 1.54) is 6.92 Å². The van der Waals surface area contributed by atoms with Crippen molar-refractivity contribution in [2.75, 3.05) is 0 Å². The molecule has 0 fully saturated rings. The van der Waals surface area contributed by atoms with Gasteiger partial charge in [-0.2, -0.15) is 5.10 Å². The van der Waals surface area contributed by atoms with E-state index in [0.29, 0.717) is 6.54 Å². The first kappa shape index (κ1) is 20.3. The number of rotatable bonds is 7. The Morgan fingerprint density at radius 1 is 1.00 bits per heavy atom. The number of hydrogen-bond donors (Lipinski definition) is 2. The molecule has 150 valence electrons. The molecule has 3 rings (SSSR count). The van der Waals surface area contributed by atoms with Gasteiger partial charge < -0.3 is 10.6 Å². The van der Waals surface area contributed by atoms with Crippen LogP contribution in [-0.2, 0) is 16.1 Å². The average Bonchev–Trinajstić information content (AvgIpc) is 3.15. The van der Waals surface area contributed by atoms with Crippen LogP contribution in [0.4, 0.5) is 0 Å². The third kappa shape index (κ3) is 5.10. The van der Waals surface area contributed by atoms with E-state index in [0.717, 1.165) is 22.5 Å². The molecule has 2 N–H and O–H groups in total. The summed E-state index contributed by atoms with van der Waals surface area (Å²) in [5.74, 6) is -0.443. The highest BCUT2D eigenvalue weighted by Crippen LogP contribution is 2.23. The zero-order chi connectivity index (χ0) is 20.8. The van der Waals surface area contributed by atoms with Crippen LogP contribution in [0.5, 0.6) is 0 Å². The lowest BCUT2D eigenvalue weighted by Gasteiger charge is -2.20. The number of carbonyl (C=O) groups is 2. The van der Waals surface area contributed by atoms with Gasteiger partial charge in [-0.3, -0.25) is 9.59 Å². The zero-order valence-electron chi connectivity index (χ0n) is 16.9. The van der Waals surface area contributed by atoms with Crippen molar-refractivity contribution in [3.05, 3.63) is 72.4 Å². The first-order chi connectivity index (χ1) is 14.0. The Hall–Kier alpha value is -3.41.